The first-order valence-electron chi connectivity index (χ1n) is 12.5. The maximum Gasteiger partial charge on any atom is 0.410 e. The summed E-state index contributed by atoms with van der Waals surface area (Å²) in [5.74, 6) is 2.09. The molecule has 7 nitrogen and oxygen atoms in total. The van der Waals surface area contributed by atoms with Crippen LogP contribution in [0.15, 0.2) is 24.5 Å². The van der Waals surface area contributed by atoms with Crippen molar-refractivity contribution in [1.82, 2.24) is 19.7 Å². The molecular weight excluding hydrogens is 416 g/mol. The largest absolute Gasteiger partial charge is 0.507 e. The Morgan fingerprint density at radius 3 is 2.55 bits per heavy atom. The average molecular weight is 455 g/mol. The Labute approximate surface area is 197 Å². The molecule has 1 aromatic carbocycles. The fraction of sp³-hybridized carbons (Fsp3) is 0.654. The third kappa shape index (κ3) is 6.27. The third-order valence-corrected chi connectivity index (χ3v) is 6.84. The van der Waals surface area contributed by atoms with E-state index in [1.165, 1.54) is 19.3 Å². The van der Waals surface area contributed by atoms with Gasteiger partial charge in [-0.2, -0.15) is 5.10 Å². The minimum absolute atomic E-state index is 0.223. The molecule has 0 radical (unpaired) electrons. The summed E-state index contributed by atoms with van der Waals surface area (Å²) in [6.45, 7) is 7.90. The molecular formula is C26H38N4O3. The van der Waals surface area contributed by atoms with Crippen molar-refractivity contribution in [2.75, 3.05) is 13.1 Å². The van der Waals surface area contributed by atoms with Crippen LogP contribution >= 0.6 is 0 Å². The van der Waals surface area contributed by atoms with Crippen molar-refractivity contribution in [3.63, 3.8) is 0 Å². The molecule has 1 saturated carbocycles. The summed E-state index contributed by atoms with van der Waals surface area (Å²) >= 11 is 0. The molecule has 0 atom stereocenters. The molecule has 1 aromatic heterocycles. The quantitative estimate of drug-likeness (QED) is 0.666. The van der Waals surface area contributed by atoms with Gasteiger partial charge in [-0.1, -0.05) is 37.5 Å². The Hall–Kier alpha value is -2.57. The summed E-state index contributed by atoms with van der Waals surface area (Å²) in [5.41, 5.74) is 1.53. The zero-order chi connectivity index (χ0) is 23.4. The molecule has 4 rings (SSSR count). The van der Waals surface area contributed by atoms with Gasteiger partial charge in [0.05, 0.1) is 0 Å². The molecule has 2 fully saturated rings. The van der Waals surface area contributed by atoms with Crippen molar-refractivity contribution in [2.45, 2.75) is 90.2 Å². The molecule has 1 N–H and O–H groups in total. The van der Waals surface area contributed by atoms with Crippen LogP contribution in [0.2, 0.25) is 0 Å². The number of hydrogen-bond acceptors (Lipinski definition) is 5. The summed E-state index contributed by atoms with van der Waals surface area (Å²) in [6, 6.07) is 6.10. The van der Waals surface area contributed by atoms with Gasteiger partial charge in [-0.3, -0.25) is 4.68 Å². The Bertz CT molecular complexity index is 935. The van der Waals surface area contributed by atoms with Crippen LogP contribution in [0, 0.1) is 5.92 Å². The van der Waals surface area contributed by atoms with Crippen LogP contribution in [0.3, 0.4) is 0 Å². The zero-order valence-electron chi connectivity index (χ0n) is 20.3. The van der Waals surface area contributed by atoms with E-state index in [1.807, 2.05) is 31.5 Å². The molecule has 1 aliphatic heterocycles. The van der Waals surface area contributed by atoms with Crippen molar-refractivity contribution < 1.29 is 14.6 Å². The van der Waals surface area contributed by atoms with Crippen molar-refractivity contribution in [2.24, 2.45) is 5.92 Å². The molecule has 2 aromatic rings. The monoisotopic (exact) mass is 454 g/mol. The number of nitrogens with zero attached hydrogens (tertiary/aromatic N) is 4. The Kier molecular flexibility index (Phi) is 7.25. The number of aromatic hydroxyl groups is 1. The molecule has 2 aliphatic rings. The number of likely N-dealkylation sites (tertiary alicyclic amines) is 1. The molecule has 1 saturated heterocycles. The topological polar surface area (TPSA) is 80.5 Å². The highest BCUT2D eigenvalue weighted by atomic mass is 16.6. The molecule has 7 heteroatoms. The van der Waals surface area contributed by atoms with Crippen LogP contribution in [-0.2, 0) is 17.7 Å². The van der Waals surface area contributed by atoms with E-state index in [2.05, 4.69) is 22.2 Å². The predicted octanol–water partition coefficient (Wildman–Crippen LogP) is 5.27. The van der Waals surface area contributed by atoms with Crippen molar-refractivity contribution in [3.05, 3.63) is 41.5 Å². The van der Waals surface area contributed by atoms with Gasteiger partial charge in [0.2, 0.25) is 0 Å². The predicted molar refractivity (Wildman–Crippen MR) is 127 cm³/mol. The van der Waals surface area contributed by atoms with E-state index < -0.39 is 5.60 Å². The van der Waals surface area contributed by atoms with E-state index in [4.69, 9.17) is 4.74 Å². The van der Waals surface area contributed by atoms with E-state index >= 15 is 0 Å². The number of hydrogen-bond donors (Lipinski definition) is 1. The maximum absolute atomic E-state index is 12.3. The second kappa shape index (κ2) is 10.1. The van der Waals surface area contributed by atoms with Crippen LogP contribution in [0.5, 0.6) is 5.75 Å². The van der Waals surface area contributed by atoms with Gasteiger partial charge in [-0.25, -0.2) is 9.78 Å². The zero-order valence-corrected chi connectivity index (χ0v) is 20.3. The average Bonchev–Trinajstić information content (AvgIpc) is 3.22. The normalized spacial score (nSPS) is 18.5. The summed E-state index contributed by atoms with van der Waals surface area (Å²) in [4.78, 5) is 18.6. The number of phenolic OH excluding ortho intramolecular Hbond substituents is 1. The van der Waals surface area contributed by atoms with Crippen LogP contribution in [0.1, 0.15) is 88.6 Å². The van der Waals surface area contributed by atoms with Gasteiger partial charge in [0.25, 0.3) is 0 Å². The lowest BCUT2D eigenvalue weighted by Gasteiger charge is -2.33. The van der Waals surface area contributed by atoms with E-state index in [9.17, 15) is 9.90 Å². The Balaban J connectivity index is 1.31. The fourth-order valence-electron chi connectivity index (χ4n) is 5.06. The highest BCUT2D eigenvalue weighted by Gasteiger charge is 2.27. The molecule has 0 unspecified atom stereocenters. The second-order valence-corrected chi connectivity index (χ2v) is 10.7. The van der Waals surface area contributed by atoms with Crippen LogP contribution in [0.25, 0.3) is 0 Å². The number of para-hydroxylation sites is 1. The van der Waals surface area contributed by atoms with E-state index in [0.29, 0.717) is 37.1 Å². The van der Waals surface area contributed by atoms with Crippen LogP contribution < -0.4 is 0 Å². The van der Waals surface area contributed by atoms with Gasteiger partial charge in [-0.05, 0) is 63.9 Å². The van der Waals surface area contributed by atoms with Gasteiger partial charge in [0.1, 0.15) is 17.7 Å². The van der Waals surface area contributed by atoms with Crippen LogP contribution in [0.4, 0.5) is 4.79 Å². The lowest BCUT2D eigenvalue weighted by molar-refractivity contribution is 0.0177. The van der Waals surface area contributed by atoms with Crippen molar-refractivity contribution in [1.29, 1.82) is 0 Å². The molecule has 180 valence electrons. The maximum atomic E-state index is 12.3. The number of piperidine rings is 1. The summed E-state index contributed by atoms with van der Waals surface area (Å²) in [5, 5.41) is 15.6. The smallest absolute Gasteiger partial charge is 0.410 e. The van der Waals surface area contributed by atoms with Crippen molar-refractivity contribution >= 4 is 6.09 Å². The molecule has 2 heterocycles. The highest BCUT2D eigenvalue weighted by molar-refractivity contribution is 5.68. The van der Waals surface area contributed by atoms with Gasteiger partial charge in [0, 0.05) is 31.6 Å². The highest BCUT2D eigenvalue weighted by Crippen LogP contribution is 2.38. The number of ether oxygens (including phenoxy) is 1. The number of amides is 1. The number of aromatic nitrogens is 3. The van der Waals surface area contributed by atoms with Gasteiger partial charge < -0.3 is 14.7 Å². The molecule has 1 amide bonds. The van der Waals surface area contributed by atoms with Crippen LogP contribution in [-0.4, -0.2) is 49.6 Å². The first-order valence-corrected chi connectivity index (χ1v) is 12.5. The molecule has 0 bridgehead atoms. The van der Waals surface area contributed by atoms with Crippen molar-refractivity contribution in [3.8, 4) is 5.75 Å². The minimum atomic E-state index is -0.463. The van der Waals surface area contributed by atoms with E-state index in [-0.39, 0.29) is 6.09 Å². The fourth-order valence-corrected chi connectivity index (χ4v) is 5.06. The van der Waals surface area contributed by atoms with Gasteiger partial charge >= 0.3 is 6.09 Å². The first-order chi connectivity index (χ1) is 15.8. The lowest BCUT2D eigenvalue weighted by atomic mass is 9.83. The second-order valence-electron chi connectivity index (χ2n) is 10.7. The number of carbonyl (C=O) groups excluding carboxylic acids is 1. The molecule has 0 spiro atoms. The summed E-state index contributed by atoms with van der Waals surface area (Å²) in [7, 11) is 0. The van der Waals surface area contributed by atoms with E-state index in [0.717, 1.165) is 49.2 Å². The lowest BCUT2D eigenvalue weighted by Crippen LogP contribution is -2.42. The molecule has 1 aliphatic carbocycles. The van der Waals surface area contributed by atoms with Gasteiger partial charge in [0.15, 0.2) is 5.82 Å². The third-order valence-electron chi connectivity index (χ3n) is 6.84. The van der Waals surface area contributed by atoms with Gasteiger partial charge in [-0.15, -0.1) is 0 Å². The summed E-state index contributed by atoms with van der Waals surface area (Å²) in [6.07, 6.45) is 10.1. The number of phenols is 1. The molecule has 33 heavy (non-hydrogen) atoms. The van der Waals surface area contributed by atoms with E-state index in [1.54, 1.807) is 11.2 Å². The number of carbonyl (C=O) groups is 1. The Morgan fingerprint density at radius 1 is 1.12 bits per heavy atom. The SMILES string of the molecule is CC(C)(C)OC(=O)N1CCC(Cn2cnc(Cc3cccc(C4CCCCC4)c3O)n2)CC1. The Morgan fingerprint density at radius 2 is 1.85 bits per heavy atom. The minimum Gasteiger partial charge on any atom is -0.507 e. The summed E-state index contributed by atoms with van der Waals surface area (Å²) < 4.78 is 7.39. The number of benzene rings is 1. The first kappa shape index (κ1) is 23.6. The standard InChI is InChI=1S/C26H38N4O3/c1-26(2,3)33-25(32)29-14-12-19(13-15-29)17-30-18-27-23(28-30)16-21-10-7-11-22(24(21)31)20-8-5-4-6-9-20/h7,10-11,18-20,31H,4-6,8-9,12-17H2,1-3H3. The number of rotatable bonds is 5.